The first-order valence-electron chi connectivity index (χ1n) is 10.7. The third kappa shape index (κ3) is 3.96. The number of hydrogen-bond acceptors (Lipinski definition) is 4. The van der Waals surface area contributed by atoms with E-state index in [-0.39, 0.29) is 11.7 Å². The molecule has 0 aliphatic carbocycles. The zero-order valence-corrected chi connectivity index (χ0v) is 18.2. The SMILES string of the molecule is COc1ccc([C@H]2CCC[C@H]3[C@@H]4C[C@H](CN23)CN(S(=O)(=O)CC(C)C)C4)cc1. The summed E-state index contributed by atoms with van der Waals surface area (Å²) >= 11 is 0. The van der Waals surface area contributed by atoms with Crippen molar-refractivity contribution in [3.63, 3.8) is 0 Å². The van der Waals surface area contributed by atoms with Gasteiger partial charge in [-0.15, -0.1) is 0 Å². The van der Waals surface area contributed by atoms with Crippen LogP contribution in [0.2, 0.25) is 0 Å². The lowest BCUT2D eigenvalue weighted by Crippen LogP contribution is -2.60. The molecule has 4 atom stereocenters. The van der Waals surface area contributed by atoms with Crippen molar-refractivity contribution in [2.24, 2.45) is 17.8 Å². The van der Waals surface area contributed by atoms with Crippen LogP contribution in [0.3, 0.4) is 0 Å². The van der Waals surface area contributed by atoms with Gasteiger partial charge in [-0.2, -0.15) is 0 Å². The largest absolute Gasteiger partial charge is 0.497 e. The lowest BCUT2D eigenvalue weighted by molar-refractivity contribution is -0.0416. The maximum Gasteiger partial charge on any atom is 0.214 e. The van der Waals surface area contributed by atoms with Gasteiger partial charge in [0.05, 0.1) is 12.9 Å². The van der Waals surface area contributed by atoms with Gasteiger partial charge in [0.25, 0.3) is 0 Å². The fourth-order valence-electron chi connectivity index (χ4n) is 5.70. The average Bonchev–Trinajstić information content (AvgIpc) is 2.66. The van der Waals surface area contributed by atoms with E-state index in [9.17, 15) is 8.42 Å². The van der Waals surface area contributed by atoms with Crippen LogP contribution in [0.4, 0.5) is 0 Å². The number of rotatable bonds is 5. The van der Waals surface area contributed by atoms with E-state index in [1.165, 1.54) is 31.2 Å². The molecule has 3 aliphatic rings. The van der Waals surface area contributed by atoms with Crippen LogP contribution in [0.5, 0.6) is 5.75 Å². The van der Waals surface area contributed by atoms with Gasteiger partial charge in [-0.25, -0.2) is 12.7 Å². The summed E-state index contributed by atoms with van der Waals surface area (Å²) in [5.74, 6) is 2.27. The van der Waals surface area contributed by atoms with Gasteiger partial charge in [0.1, 0.15) is 5.75 Å². The van der Waals surface area contributed by atoms with Gasteiger partial charge in [0.2, 0.25) is 10.0 Å². The van der Waals surface area contributed by atoms with E-state index >= 15 is 0 Å². The zero-order chi connectivity index (χ0) is 19.9. The molecule has 5 nitrogen and oxygen atoms in total. The van der Waals surface area contributed by atoms with E-state index in [0.717, 1.165) is 12.3 Å². The highest BCUT2D eigenvalue weighted by molar-refractivity contribution is 7.89. The molecule has 1 aromatic carbocycles. The van der Waals surface area contributed by atoms with Crippen molar-refractivity contribution in [2.45, 2.75) is 51.6 Å². The predicted molar refractivity (Wildman–Crippen MR) is 112 cm³/mol. The highest BCUT2D eigenvalue weighted by Crippen LogP contribution is 2.45. The molecule has 0 spiro atoms. The molecule has 0 amide bonds. The van der Waals surface area contributed by atoms with Gasteiger partial charge in [0, 0.05) is 31.7 Å². The summed E-state index contributed by atoms with van der Waals surface area (Å²) in [4.78, 5) is 2.70. The van der Waals surface area contributed by atoms with Crippen LogP contribution < -0.4 is 4.74 Å². The molecule has 3 fully saturated rings. The molecular weight excluding hydrogens is 372 g/mol. The molecule has 1 aromatic rings. The first-order chi connectivity index (χ1) is 13.4. The Morgan fingerprint density at radius 3 is 2.54 bits per heavy atom. The fraction of sp³-hybridized carbons (Fsp3) is 0.727. The molecule has 6 heteroatoms. The van der Waals surface area contributed by atoms with E-state index in [1.807, 2.05) is 18.2 Å². The Kier molecular flexibility index (Phi) is 5.73. The lowest BCUT2D eigenvalue weighted by atomic mass is 9.74. The molecule has 0 aromatic heterocycles. The van der Waals surface area contributed by atoms with E-state index in [2.05, 4.69) is 29.2 Å². The molecule has 0 unspecified atom stereocenters. The maximum absolute atomic E-state index is 12.8. The third-order valence-electron chi connectivity index (χ3n) is 6.79. The Bertz CT molecular complexity index is 777. The van der Waals surface area contributed by atoms with E-state index in [1.54, 1.807) is 7.11 Å². The highest BCUT2D eigenvalue weighted by Gasteiger charge is 2.46. The monoisotopic (exact) mass is 406 g/mol. The van der Waals surface area contributed by atoms with Crippen LogP contribution in [0.1, 0.15) is 51.1 Å². The summed E-state index contributed by atoms with van der Waals surface area (Å²) in [6.45, 7) is 6.41. The molecule has 3 saturated heterocycles. The molecule has 0 radical (unpaired) electrons. The molecule has 28 heavy (non-hydrogen) atoms. The van der Waals surface area contributed by atoms with E-state index < -0.39 is 10.0 Å². The Morgan fingerprint density at radius 1 is 1.11 bits per heavy atom. The van der Waals surface area contributed by atoms with Crippen LogP contribution in [-0.2, 0) is 10.0 Å². The van der Waals surface area contributed by atoms with Gasteiger partial charge in [-0.05, 0) is 61.1 Å². The number of fused-ring (bicyclic) bond motifs is 4. The molecule has 4 rings (SSSR count). The van der Waals surface area contributed by atoms with Crippen molar-refractivity contribution < 1.29 is 13.2 Å². The number of piperidine rings is 3. The van der Waals surface area contributed by atoms with Gasteiger partial charge in [0.15, 0.2) is 0 Å². The van der Waals surface area contributed by atoms with Crippen molar-refractivity contribution in [3.05, 3.63) is 29.8 Å². The molecule has 3 heterocycles. The van der Waals surface area contributed by atoms with Crippen LogP contribution in [0.15, 0.2) is 24.3 Å². The second-order valence-electron chi connectivity index (χ2n) is 9.34. The molecule has 0 N–H and O–H groups in total. The number of benzene rings is 1. The quantitative estimate of drug-likeness (QED) is 0.751. The average molecular weight is 407 g/mol. The standard InChI is InChI=1S/C22H34N2O3S/c1-16(2)15-28(25,26)23-12-17-11-19(14-23)22-6-4-5-21(24(22)13-17)18-7-9-20(27-3)10-8-18/h7-10,16-17,19,21-22H,4-6,11-15H2,1-3H3/t17-,19+,21+,22-/m0/s1. The van der Waals surface area contributed by atoms with Crippen LogP contribution in [0.25, 0.3) is 0 Å². The summed E-state index contributed by atoms with van der Waals surface area (Å²) in [6, 6.07) is 9.49. The molecule has 2 bridgehead atoms. The zero-order valence-electron chi connectivity index (χ0n) is 17.4. The number of methoxy groups -OCH3 is 1. The van der Waals surface area contributed by atoms with Gasteiger partial charge in [-0.3, -0.25) is 4.90 Å². The molecule has 0 saturated carbocycles. The minimum Gasteiger partial charge on any atom is -0.497 e. The number of sulfonamides is 1. The minimum atomic E-state index is -3.13. The topological polar surface area (TPSA) is 49.9 Å². The number of nitrogens with zero attached hydrogens (tertiary/aromatic N) is 2. The third-order valence-corrected chi connectivity index (χ3v) is 8.96. The summed E-state index contributed by atoms with van der Waals surface area (Å²) in [6.07, 6.45) is 4.79. The first-order valence-corrected chi connectivity index (χ1v) is 12.4. The Labute approximate surface area is 170 Å². The van der Waals surface area contributed by atoms with Crippen LogP contribution >= 0.6 is 0 Å². The Balaban J connectivity index is 1.52. The fourth-order valence-corrected chi connectivity index (χ4v) is 7.61. The summed E-state index contributed by atoms with van der Waals surface area (Å²) in [7, 11) is -1.43. The van der Waals surface area contributed by atoms with Crippen molar-refractivity contribution in [1.29, 1.82) is 0 Å². The van der Waals surface area contributed by atoms with E-state index in [0.29, 0.717) is 37.0 Å². The predicted octanol–water partition coefficient (Wildman–Crippen LogP) is 3.53. The first kappa shape index (κ1) is 20.2. The van der Waals surface area contributed by atoms with Crippen LogP contribution in [0, 0.1) is 17.8 Å². The van der Waals surface area contributed by atoms with Gasteiger partial charge < -0.3 is 4.74 Å². The number of hydrogen-bond donors (Lipinski definition) is 0. The number of ether oxygens (including phenoxy) is 1. The van der Waals surface area contributed by atoms with Crippen molar-refractivity contribution in [1.82, 2.24) is 9.21 Å². The molecule has 3 aliphatic heterocycles. The minimum absolute atomic E-state index is 0.178. The Hall–Kier alpha value is -1.11. The summed E-state index contributed by atoms with van der Waals surface area (Å²) in [5.41, 5.74) is 1.37. The van der Waals surface area contributed by atoms with Crippen molar-refractivity contribution in [3.8, 4) is 5.75 Å². The Morgan fingerprint density at radius 2 is 1.86 bits per heavy atom. The second-order valence-corrected chi connectivity index (χ2v) is 11.3. The summed E-state index contributed by atoms with van der Waals surface area (Å²) in [5, 5.41) is 0. The molecular formula is C22H34N2O3S. The van der Waals surface area contributed by atoms with Gasteiger partial charge in [-0.1, -0.05) is 26.0 Å². The normalized spacial score (nSPS) is 31.6. The van der Waals surface area contributed by atoms with Crippen molar-refractivity contribution in [2.75, 3.05) is 32.5 Å². The van der Waals surface area contributed by atoms with Crippen LogP contribution in [-0.4, -0.2) is 56.2 Å². The maximum atomic E-state index is 12.8. The smallest absolute Gasteiger partial charge is 0.214 e. The molecule has 156 valence electrons. The van der Waals surface area contributed by atoms with Crippen molar-refractivity contribution >= 4 is 10.0 Å². The summed E-state index contributed by atoms with van der Waals surface area (Å²) < 4.78 is 32.8. The lowest BCUT2D eigenvalue weighted by Gasteiger charge is -2.55. The van der Waals surface area contributed by atoms with Gasteiger partial charge >= 0.3 is 0 Å². The highest BCUT2D eigenvalue weighted by atomic mass is 32.2. The second kappa shape index (κ2) is 7.96. The van der Waals surface area contributed by atoms with E-state index in [4.69, 9.17) is 4.74 Å².